The lowest BCUT2D eigenvalue weighted by atomic mass is 9.90. The van der Waals surface area contributed by atoms with Crippen molar-refractivity contribution >= 4 is 0 Å². The zero-order valence-electron chi connectivity index (χ0n) is 7.38. The maximum absolute atomic E-state index is 12.6. The molecule has 1 aromatic carbocycles. The summed E-state index contributed by atoms with van der Waals surface area (Å²) in [6.45, 7) is 3.13. The van der Waals surface area contributed by atoms with Crippen molar-refractivity contribution in [3.63, 3.8) is 0 Å². The lowest BCUT2D eigenvalue weighted by Gasteiger charge is -2.28. The summed E-state index contributed by atoms with van der Waals surface area (Å²) < 4.78 is 37.8. The van der Waals surface area contributed by atoms with Crippen molar-refractivity contribution in [3.05, 3.63) is 48.6 Å². The van der Waals surface area contributed by atoms with Gasteiger partial charge in [-0.2, -0.15) is 13.2 Å². The van der Waals surface area contributed by atoms with Gasteiger partial charge in [0.1, 0.15) is 0 Å². The molecule has 0 aliphatic heterocycles. The van der Waals surface area contributed by atoms with Gasteiger partial charge in [0, 0.05) is 0 Å². The predicted molar refractivity (Wildman–Crippen MR) is 48.6 cm³/mol. The van der Waals surface area contributed by atoms with Crippen LogP contribution in [0.3, 0.4) is 0 Å². The van der Waals surface area contributed by atoms with E-state index in [1.807, 2.05) is 0 Å². The number of nitrogens with two attached hydrogens (primary N) is 1. The highest BCUT2D eigenvalue weighted by atomic mass is 19.4. The van der Waals surface area contributed by atoms with Crippen LogP contribution in [0, 0.1) is 0 Å². The number of benzene rings is 1. The number of halogens is 3. The van der Waals surface area contributed by atoms with Crippen LogP contribution in [0.4, 0.5) is 13.2 Å². The molecule has 0 radical (unpaired) electrons. The smallest absolute Gasteiger partial charge is 0.311 e. The van der Waals surface area contributed by atoms with E-state index in [4.69, 9.17) is 5.73 Å². The average molecular weight is 201 g/mol. The fourth-order valence-corrected chi connectivity index (χ4v) is 1.11. The maximum Gasteiger partial charge on any atom is 0.414 e. The van der Waals surface area contributed by atoms with Gasteiger partial charge >= 0.3 is 6.18 Å². The second-order valence-electron chi connectivity index (χ2n) is 2.94. The molecule has 0 fully saturated rings. The summed E-state index contributed by atoms with van der Waals surface area (Å²) >= 11 is 0. The molecule has 2 N–H and O–H groups in total. The molecule has 1 nitrogen and oxygen atoms in total. The molecule has 0 aliphatic carbocycles. The van der Waals surface area contributed by atoms with Gasteiger partial charge in [-0.15, -0.1) is 6.58 Å². The van der Waals surface area contributed by atoms with Gasteiger partial charge < -0.3 is 5.73 Å². The molecule has 76 valence electrons. The fourth-order valence-electron chi connectivity index (χ4n) is 1.11. The lowest BCUT2D eigenvalue weighted by Crippen LogP contribution is -2.48. The largest absolute Gasteiger partial charge is 0.414 e. The Morgan fingerprint density at radius 2 is 1.64 bits per heavy atom. The molecular formula is C10H10F3N. The zero-order chi connectivity index (χ0) is 10.8. The molecular weight excluding hydrogens is 191 g/mol. The Morgan fingerprint density at radius 1 is 1.14 bits per heavy atom. The van der Waals surface area contributed by atoms with E-state index >= 15 is 0 Å². The minimum atomic E-state index is -4.53. The third kappa shape index (κ3) is 1.65. The molecule has 0 aromatic heterocycles. The Bertz CT molecular complexity index is 318. The minimum absolute atomic E-state index is 0.0116. The summed E-state index contributed by atoms with van der Waals surface area (Å²) in [5.74, 6) is 0. The monoisotopic (exact) mass is 201 g/mol. The van der Waals surface area contributed by atoms with Crippen LogP contribution in [-0.2, 0) is 5.54 Å². The van der Waals surface area contributed by atoms with Crippen molar-refractivity contribution in [2.45, 2.75) is 11.7 Å². The highest BCUT2D eigenvalue weighted by molar-refractivity contribution is 5.30. The van der Waals surface area contributed by atoms with Gasteiger partial charge in [0.2, 0.25) is 0 Å². The molecule has 1 atom stereocenters. The Morgan fingerprint density at radius 3 is 2.00 bits per heavy atom. The van der Waals surface area contributed by atoms with Crippen LogP contribution in [0.15, 0.2) is 43.0 Å². The van der Waals surface area contributed by atoms with Crippen molar-refractivity contribution in [3.8, 4) is 0 Å². The summed E-state index contributed by atoms with van der Waals surface area (Å²) in [4.78, 5) is 0. The highest BCUT2D eigenvalue weighted by Crippen LogP contribution is 2.37. The third-order valence-electron chi connectivity index (χ3n) is 2.04. The number of rotatable bonds is 2. The fraction of sp³-hybridized carbons (Fsp3) is 0.200. The Balaban J connectivity index is 3.22. The van der Waals surface area contributed by atoms with Crippen molar-refractivity contribution in [1.82, 2.24) is 0 Å². The van der Waals surface area contributed by atoms with E-state index < -0.39 is 11.7 Å². The van der Waals surface area contributed by atoms with Crippen LogP contribution in [0.5, 0.6) is 0 Å². The van der Waals surface area contributed by atoms with Gasteiger partial charge in [0.05, 0.1) is 0 Å². The molecule has 1 aromatic rings. The standard InChI is InChI=1S/C10H10F3N/c1-2-9(14,10(11,12)13)8-6-4-3-5-7-8/h2-7H,1,14H2/t9-/m0/s1. The second-order valence-corrected chi connectivity index (χ2v) is 2.94. The molecule has 0 bridgehead atoms. The Hall–Kier alpha value is -1.29. The zero-order valence-corrected chi connectivity index (χ0v) is 7.38. The topological polar surface area (TPSA) is 26.0 Å². The van der Waals surface area contributed by atoms with Crippen molar-refractivity contribution in [1.29, 1.82) is 0 Å². The van der Waals surface area contributed by atoms with E-state index in [-0.39, 0.29) is 5.56 Å². The van der Waals surface area contributed by atoms with E-state index in [2.05, 4.69) is 6.58 Å². The van der Waals surface area contributed by atoms with Gasteiger partial charge in [0.15, 0.2) is 5.54 Å². The van der Waals surface area contributed by atoms with Crippen molar-refractivity contribution in [2.75, 3.05) is 0 Å². The predicted octanol–water partition coefficient (Wildman–Crippen LogP) is 2.59. The van der Waals surface area contributed by atoms with Crippen LogP contribution < -0.4 is 5.73 Å². The molecule has 0 amide bonds. The molecule has 0 aliphatic rings. The van der Waals surface area contributed by atoms with Gasteiger partial charge in [-0.05, 0) is 5.56 Å². The second kappa shape index (κ2) is 3.46. The third-order valence-corrected chi connectivity index (χ3v) is 2.04. The molecule has 0 saturated heterocycles. The van der Waals surface area contributed by atoms with Gasteiger partial charge in [-0.1, -0.05) is 36.4 Å². The SMILES string of the molecule is C=C[C@](N)(c1ccccc1)C(F)(F)F. The Kier molecular flexibility index (Phi) is 2.66. The summed E-state index contributed by atoms with van der Waals surface area (Å²) in [7, 11) is 0. The van der Waals surface area contributed by atoms with Crippen LogP contribution >= 0.6 is 0 Å². The molecule has 0 heterocycles. The van der Waals surface area contributed by atoms with Gasteiger partial charge in [-0.3, -0.25) is 0 Å². The van der Waals surface area contributed by atoms with E-state index in [9.17, 15) is 13.2 Å². The Labute approximate surface area is 80.0 Å². The molecule has 0 spiro atoms. The molecule has 14 heavy (non-hydrogen) atoms. The summed E-state index contributed by atoms with van der Waals surface area (Å²) in [5, 5.41) is 0. The maximum atomic E-state index is 12.6. The molecule has 0 unspecified atom stereocenters. The van der Waals surface area contributed by atoms with E-state index in [1.165, 1.54) is 24.3 Å². The first-order valence-electron chi connectivity index (χ1n) is 3.96. The minimum Gasteiger partial charge on any atom is -0.311 e. The highest BCUT2D eigenvalue weighted by Gasteiger charge is 2.50. The van der Waals surface area contributed by atoms with Crippen LogP contribution in [-0.4, -0.2) is 6.18 Å². The van der Waals surface area contributed by atoms with Crippen molar-refractivity contribution < 1.29 is 13.2 Å². The van der Waals surface area contributed by atoms with E-state index in [0.717, 1.165) is 0 Å². The van der Waals surface area contributed by atoms with Gasteiger partial charge in [-0.25, -0.2) is 0 Å². The number of hydrogen-bond acceptors (Lipinski definition) is 1. The van der Waals surface area contributed by atoms with Crippen LogP contribution in [0.2, 0.25) is 0 Å². The van der Waals surface area contributed by atoms with Crippen LogP contribution in [0.1, 0.15) is 5.56 Å². The van der Waals surface area contributed by atoms with Crippen molar-refractivity contribution in [2.24, 2.45) is 5.73 Å². The molecule has 1 rings (SSSR count). The quantitative estimate of drug-likeness (QED) is 0.731. The number of alkyl halides is 3. The lowest BCUT2D eigenvalue weighted by molar-refractivity contribution is -0.174. The summed E-state index contributed by atoms with van der Waals surface area (Å²) in [5.41, 5.74) is 2.78. The first-order chi connectivity index (χ1) is 6.42. The molecule has 0 saturated carbocycles. The summed E-state index contributed by atoms with van der Waals surface area (Å²) in [6, 6.07) is 7.30. The van der Waals surface area contributed by atoms with E-state index in [0.29, 0.717) is 6.08 Å². The van der Waals surface area contributed by atoms with Gasteiger partial charge in [0.25, 0.3) is 0 Å². The van der Waals surface area contributed by atoms with Crippen LogP contribution in [0.25, 0.3) is 0 Å². The first-order valence-corrected chi connectivity index (χ1v) is 3.96. The first kappa shape index (κ1) is 10.8. The van der Waals surface area contributed by atoms with E-state index in [1.54, 1.807) is 6.07 Å². The average Bonchev–Trinajstić information content (AvgIpc) is 2.16. The number of hydrogen-bond donors (Lipinski definition) is 1. The molecule has 4 heteroatoms. The summed E-state index contributed by atoms with van der Waals surface area (Å²) in [6.07, 6.45) is -3.82. The normalized spacial score (nSPS) is 16.0.